The Morgan fingerprint density at radius 3 is 2.59 bits per heavy atom. The van der Waals surface area contributed by atoms with E-state index >= 15 is 0 Å². The number of fused-ring (bicyclic) bond motifs is 2. The van der Waals surface area contributed by atoms with Gasteiger partial charge in [-0.25, -0.2) is 13.4 Å². The van der Waals surface area contributed by atoms with Gasteiger partial charge in [0.2, 0.25) is 10.0 Å². The number of aliphatic hydroxyl groups is 1. The number of para-hydroxylation sites is 1. The molecule has 0 aliphatic carbocycles. The number of hydrogen-bond donors (Lipinski definition) is 1. The molecule has 4 aromatic rings. The molecule has 1 N–H and O–H groups in total. The summed E-state index contributed by atoms with van der Waals surface area (Å²) in [5.41, 5.74) is 3.66. The number of aryl methyl sites for hydroxylation is 1. The van der Waals surface area contributed by atoms with Crippen molar-refractivity contribution in [2.45, 2.75) is 17.9 Å². The molecule has 1 amide bonds. The Morgan fingerprint density at radius 1 is 1.06 bits per heavy atom. The number of nitrogens with zero attached hydrogens (tertiary/aromatic N) is 3. The second-order valence-electron chi connectivity index (χ2n) is 8.62. The fourth-order valence-electron chi connectivity index (χ4n) is 4.72. The quantitative estimate of drug-likeness (QED) is 0.447. The van der Waals surface area contributed by atoms with E-state index in [0.29, 0.717) is 28.1 Å². The maximum atomic E-state index is 13.2. The molecule has 34 heavy (non-hydrogen) atoms. The lowest BCUT2D eigenvalue weighted by atomic mass is 10.1. The van der Waals surface area contributed by atoms with Crippen LogP contribution in [0.1, 0.15) is 17.6 Å². The fraction of sp³-hybridized carbons (Fsp3) is 0.250. The van der Waals surface area contributed by atoms with Gasteiger partial charge in [0.05, 0.1) is 11.2 Å². The van der Waals surface area contributed by atoms with Crippen LogP contribution in [0.5, 0.6) is 0 Å². The number of hydrogen-bond acceptors (Lipinski definition) is 7. The number of carbonyl (C=O) groups excluding carboxylic acids is 1. The van der Waals surface area contributed by atoms with Crippen LogP contribution < -0.4 is 0 Å². The first-order valence-corrected chi connectivity index (χ1v) is 12.3. The smallest absolute Gasteiger partial charge is 0.256 e. The molecule has 0 spiro atoms. The van der Waals surface area contributed by atoms with E-state index in [0.717, 1.165) is 16.5 Å². The summed E-state index contributed by atoms with van der Waals surface area (Å²) < 4.78 is 38.6. The Bertz CT molecular complexity index is 1580. The number of benzene rings is 2. The topological polar surface area (TPSA) is 117 Å². The summed E-state index contributed by atoms with van der Waals surface area (Å²) in [7, 11) is -3.71. The third-order valence-electron chi connectivity index (χ3n) is 6.46. The van der Waals surface area contributed by atoms with Crippen molar-refractivity contribution >= 4 is 38.0 Å². The maximum Gasteiger partial charge on any atom is 0.256 e. The summed E-state index contributed by atoms with van der Waals surface area (Å²) in [6.07, 6.45) is 0.144. The van der Waals surface area contributed by atoms with E-state index in [9.17, 15) is 18.3 Å². The first kappa shape index (κ1) is 21.1. The third kappa shape index (κ3) is 3.25. The number of carbonyl (C=O) groups is 1. The number of sulfonamides is 1. The summed E-state index contributed by atoms with van der Waals surface area (Å²) in [5.74, 6) is 0.0108. The number of furan rings is 1. The molecular weight excluding hydrogens is 458 g/mol. The predicted molar refractivity (Wildman–Crippen MR) is 122 cm³/mol. The summed E-state index contributed by atoms with van der Waals surface area (Å²) in [5, 5.41) is 11.7. The molecule has 0 fully saturated rings. The standard InChI is InChI=1S/C24H21N3O6S/c1-14-25-22-19(3-2-4-20(22)33-14)23(28)24(29)26-10-16-12-27(13-17(16)11-26)34(30,31)18-6-5-15-7-8-32-21(15)9-18/h2-9,23,28H,10-13H2,1H3/t23-/m0/s1. The third-order valence-corrected chi connectivity index (χ3v) is 8.25. The Balaban J connectivity index is 1.17. The molecule has 4 heterocycles. The van der Waals surface area contributed by atoms with Gasteiger partial charge in [0, 0.05) is 50.1 Å². The minimum Gasteiger partial charge on any atom is -0.464 e. The summed E-state index contributed by atoms with van der Waals surface area (Å²) in [4.78, 5) is 19.1. The molecule has 2 aliphatic heterocycles. The van der Waals surface area contributed by atoms with E-state index in [1.165, 1.54) is 16.6 Å². The highest BCUT2D eigenvalue weighted by Crippen LogP contribution is 2.33. The molecule has 0 saturated carbocycles. The molecular formula is C24H21N3O6S. The van der Waals surface area contributed by atoms with Crippen LogP contribution in [0.4, 0.5) is 0 Å². The van der Waals surface area contributed by atoms with Gasteiger partial charge in [0.1, 0.15) is 11.1 Å². The van der Waals surface area contributed by atoms with Gasteiger partial charge in [0.15, 0.2) is 17.6 Å². The molecule has 10 heteroatoms. The molecule has 9 nitrogen and oxygen atoms in total. The van der Waals surface area contributed by atoms with Gasteiger partial charge in [-0.2, -0.15) is 4.31 Å². The number of amides is 1. The number of aromatic nitrogens is 1. The molecule has 1 atom stereocenters. The van der Waals surface area contributed by atoms with E-state index < -0.39 is 22.0 Å². The minimum absolute atomic E-state index is 0.176. The first-order valence-electron chi connectivity index (χ1n) is 10.8. The van der Waals surface area contributed by atoms with Gasteiger partial charge < -0.3 is 18.8 Å². The van der Waals surface area contributed by atoms with Crippen molar-refractivity contribution in [3.8, 4) is 0 Å². The molecule has 0 radical (unpaired) electrons. The van der Waals surface area contributed by atoms with Crippen LogP contribution in [-0.4, -0.2) is 59.8 Å². The highest BCUT2D eigenvalue weighted by atomic mass is 32.2. The van der Waals surface area contributed by atoms with E-state index in [1.54, 1.807) is 48.2 Å². The Kier molecular flexibility index (Phi) is 4.67. The van der Waals surface area contributed by atoms with E-state index in [2.05, 4.69) is 4.98 Å². The lowest BCUT2D eigenvalue weighted by Crippen LogP contribution is -2.38. The largest absolute Gasteiger partial charge is 0.464 e. The fourth-order valence-corrected chi connectivity index (χ4v) is 6.17. The van der Waals surface area contributed by atoms with Crippen molar-refractivity contribution in [2.75, 3.05) is 26.2 Å². The lowest BCUT2D eigenvalue weighted by Gasteiger charge is -2.24. The zero-order chi connectivity index (χ0) is 23.6. The van der Waals surface area contributed by atoms with Crippen LogP contribution in [0.15, 0.2) is 73.6 Å². The lowest BCUT2D eigenvalue weighted by molar-refractivity contribution is -0.139. The van der Waals surface area contributed by atoms with Crippen molar-refractivity contribution in [2.24, 2.45) is 0 Å². The molecule has 2 aromatic carbocycles. The second kappa shape index (κ2) is 7.52. The van der Waals surface area contributed by atoms with Gasteiger partial charge in [-0.05, 0) is 35.4 Å². The van der Waals surface area contributed by atoms with Crippen LogP contribution in [-0.2, 0) is 14.8 Å². The molecule has 0 saturated heterocycles. The predicted octanol–water partition coefficient (Wildman–Crippen LogP) is 2.76. The molecule has 174 valence electrons. The van der Waals surface area contributed by atoms with E-state index in [4.69, 9.17) is 8.83 Å². The van der Waals surface area contributed by atoms with Crippen LogP contribution in [0.25, 0.3) is 22.1 Å². The Hall–Kier alpha value is -3.47. The average Bonchev–Trinajstić information content (AvgIpc) is 3.58. The number of oxazole rings is 1. The van der Waals surface area contributed by atoms with Crippen LogP contribution in [0.3, 0.4) is 0 Å². The molecule has 0 bridgehead atoms. The molecule has 6 rings (SSSR count). The summed E-state index contributed by atoms with van der Waals surface area (Å²) in [6.45, 7) is 2.70. The van der Waals surface area contributed by atoms with Crippen molar-refractivity contribution in [3.63, 3.8) is 0 Å². The average molecular weight is 480 g/mol. The van der Waals surface area contributed by atoms with E-state index in [1.807, 2.05) is 0 Å². The highest BCUT2D eigenvalue weighted by molar-refractivity contribution is 7.89. The van der Waals surface area contributed by atoms with Gasteiger partial charge in [0.25, 0.3) is 5.91 Å². The van der Waals surface area contributed by atoms with Crippen molar-refractivity contribution in [1.29, 1.82) is 0 Å². The van der Waals surface area contributed by atoms with Gasteiger partial charge in [-0.15, -0.1) is 0 Å². The van der Waals surface area contributed by atoms with Crippen molar-refractivity contribution < 1.29 is 27.2 Å². The SMILES string of the molecule is Cc1nc2c([C@H](O)C(=O)N3CC4=C(C3)CN(S(=O)(=O)c3ccc5ccoc5c3)C4)cccc2o1. The molecule has 2 aromatic heterocycles. The Morgan fingerprint density at radius 2 is 1.82 bits per heavy atom. The highest BCUT2D eigenvalue weighted by Gasteiger charge is 2.39. The van der Waals surface area contributed by atoms with Gasteiger partial charge >= 0.3 is 0 Å². The number of rotatable bonds is 4. The van der Waals surface area contributed by atoms with E-state index in [-0.39, 0.29) is 31.1 Å². The summed E-state index contributed by atoms with van der Waals surface area (Å²) in [6, 6.07) is 11.7. The maximum absolute atomic E-state index is 13.2. The van der Waals surface area contributed by atoms with Crippen molar-refractivity contribution in [3.05, 3.63) is 71.3 Å². The summed E-state index contributed by atoms with van der Waals surface area (Å²) >= 11 is 0. The Labute approximate surface area is 194 Å². The zero-order valence-electron chi connectivity index (χ0n) is 18.3. The van der Waals surface area contributed by atoms with Crippen LogP contribution >= 0.6 is 0 Å². The number of aliphatic hydroxyl groups excluding tert-OH is 1. The monoisotopic (exact) mass is 479 g/mol. The first-order chi connectivity index (χ1) is 16.3. The molecule has 0 unspecified atom stereocenters. The zero-order valence-corrected chi connectivity index (χ0v) is 19.1. The normalized spacial score (nSPS) is 17.8. The van der Waals surface area contributed by atoms with Gasteiger partial charge in [-0.3, -0.25) is 4.79 Å². The van der Waals surface area contributed by atoms with Gasteiger partial charge in [-0.1, -0.05) is 12.1 Å². The minimum atomic E-state index is -3.71. The molecule has 2 aliphatic rings. The van der Waals surface area contributed by atoms with Crippen molar-refractivity contribution in [1.82, 2.24) is 14.2 Å². The van der Waals surface area contributed by atoms with Crippen LogP contribution in [0, 0.1) is 6.92 Å². The second-order valence-corrected chi connectivity index (χ2v) is 10.6. The van der Waals surface area contributed by atoms with Crippen LogP contribution in [0.2, 0.25) is 0 Å².